The molecule has 210 valence electrons. The van der Waals surface area contributed by atoms with E-state index < -0.39 is 46.8 Å². The van der Waals surface area contributed by atoms with Crippen molar-refractivity contribution in [3.63, 3.8) is 0 Å². The number of amides is 2. The second-order valence-corrected chi connectivity index (χ2v) is 9.69. The van der Waals surface area contributed by atoms with Gasteiger partial charge in [-0.15, -0.1) is 0 Å². The van der Waals surface area contributed by atoms with Crippen molar-refractivity contribution in [1.82, 2.24) is 9.88 Å². The number of carbonyl (C=O) groups excluding carboxylic acids is 2. The zero-order chi connectivity index (χ0) is 29.6. The van der Waals surface area contributed by atoms with Gasteiger partial charge >= 0.3 is 6.18 Å². The Kier molecular flexibility index (Phi) is 7.16. The molecule has 1 aliphatic heterocycles. The number of hydrogen-bond acceptors (Lipinski definition) is 3. The van der Waals surface area contributed by atoms with Gasteiger partial charge in [0.1, 0.15) is 11.6 Å². The van der Waals surface area contributed by atoms with Gasteiger partial charge in [-0.1, -0.05) is 11.6 Å². The highest BCUT2D eigenvalue weighted by atomic mass is 35.5. The van der Waals surface area contributed by atoms with Crippen LogP contribution >= 0.6 is 11.6 Å². The van der Waals surface area contributed by atoms with Gasteiger partial charge in [-0.25, -0.2) is 8.78 Å². The van der Waals surface area contributed by atoms with Gasteiger partial charge in [-0.2, -0.15) is 13.2 Å². The minimum atomic E-state index is -4.91. The Hall–Kier alpha value is -4.51. The Morgan fingerprint density at radius 2 is 1.73 bits per heavy atom. The average Bonchev–Trinajstić information content (AvgIpc) is 3.25. The first-order valence-electron chi connectivity index (χ1n) is 12.2. The number of halogens is 6. The molecule has 1 aliphatic rings. The minimum absolute atomic E-state index is 0.0155. The third kappa shape index (κ3) is 5.45. The number of carbonyl (C=O) groups is 2. The van der Waals surface area contributed by atoms with Crippen LogP contribution in [0, 0.1) is 11.6 Å². The Balaban J connectivity index is 1.68. The normalized spacial score (nSPS) is 14.5. The molecule has 0 bridgehead atoms. The lowest BCUT2D eigenvalue weighted by Gasteiger charge is -2.19. The minimum Gasteiger partial charge on any atom is -0.341 e. The molecule has 3 aromatic carbocycles. The molecule has 2 N–H and O–H groups in total. The van der Waals surface area contributed by atoms with Gasteiger partial charge in [0, 0.05) is 51.8 Å². The monoisotopic (exact) mass is 587 g/mol. The van der Waals surface area contributed by atoms with Crippen LogP contribution in [0.2, 0.25) is 5.02 Å². The number of aromatic nitrogens is 1. The second kappa shape index (κ2) is 10.5. The number of anilines is 1. The van der Waals surface area contributed by atoms with Crippen LogP contribution in [-0.4, -0.2) is 16.4 Å². The molecule has 12 heteroatoms. The van der Waals surface area contributed by atoms with Crippen LogP contribution < -0.4 is 16.2 Å². The van der Waals surface area contributed by atoms with E-state index in [1.807, 2.05) is 0 Å². The number of nitrogens with zero attached hydrogens (tertiary/aromatic N) is 1. The summed E-state index contributed by atoms with van der Waals surface area (Å²) in [6.45, 7) is 2.11. The van der Waals surface area contributed by atoms with E-state index >= 15 is 0 Å². The highest BCUT2D eigenvalue weighted by Crippen LogP contribution is 2.42. The first-order chi connectivity index (χ1) is 19.3. The topological polar surface area (TPSA) is 80.2 Å². The molecule has 0 aliphatic carbocycles. The van der Waals surface area contributed by atoms with E-state index in [-0.39, 0.29) is 39.0 Å². The highest BCUT2D eigenvalue weighted by Gasteiger charge is 2.36. The molecule has 1 aromatic heterocycles. The van der Waals surface area contributed by atoms with Crippen molar-refractivity contribution in [1.29, 1.82) is 0 Å². The maximum atomic E-state index is 14.2. The molecule has 4 aromatic rings. The molecule has 2 amide bonds. The fourth-order valence-corrected chi connectivity index (χ4v) is 4.93. The maximum Gasteiger partial charge on any atom is 0.416 e. The lowest BCUT2D eigenvalue weighted by Crippen LogP contribution is -2.21. The molecule has 0 saturated heterocycles. The summed E-state index contributed by atoms with van der Waals surface area (Å²) in [6.07, 6.45) is -3.36. The van der Waals surface area contributed by atoms with E-state index in [1.165, 1.54) is 34.9 Å². The molecular formula is C29H19ClF5N3O3. The maximum absolute atomic E-state index is 14.2. The van der Waals surface area contributed by atoms with Crippen LogP contribution in [0.15, 0.2) is 71.7 Å². The number of hydrogen-bond donors (Lipinski definition) is 2. The van der Waals surface area contributed by atoms with Crippen molar-refractivity contribution in [3.05, 3.63) is 122 Å². The van der Waals surface area contributed by atoms with Crippen molar-refractivity contribution in [3.8, 4) is 11.1 Å². The fourth-order valence-electron chi connectivity index (χ4n) is 4.70. The van der Waals surface area contributed by atoms with Gasteiger partial charge in [-0.3, -0.25) is 14.4 Å². The fraction of sp³-hybridized carbons (Fsp3) is 0.138. The van der Waals surface area contributed by atoms with Crippen LogP contribution in [0.1, 0.15) is 50.4 Å². The van der Waals surface area contributed by atoms with Crippen molar-refractivity contribution in [2.45, 2.75) is 25.7 Å². The van der Waals surface area contributed by atoms with Crippen LogP contribution in [0.3, 0.4) is 0 Å². The van der Waals surface area contributed by atoms with E-state index in [9.17, 15) is 36.3 Å². The predicted octanol–water partition coefficient (Wildman–Crippen LogP) is 6.57. The van der Waals surface area contributed by atoms with Crippen molar-refractivity contribution >= 4 is 29.1 Å². The second-order valence-electron chi connectivity index (χ2n) is 9.28. The smallest absolute Gasteiger partial charge is 0.341 e. The molecule has 0 fully saturated rings. The Bertz CT molecular complexity index is 1780. The number of alkyl halides is 3. The van der Waals surface area contributed by atoms with Gasteiger partial charge < -0.3 is 15.2 Å². The molecule has 5 rings (SSSR count). The van der Waals surface area contributed by atoms with Crippen molar-refractivity contribution in [2.75, 3.05) is 5.32 Å². The summed E-state index contributed by atoms with van der Waals surface area (Å²) in [5, 5.41) is 5.31. The van der Waals surface area contributed by atoms with Crippen LogP contribution in [0.25, 0.3) is 11.1 Å². The number of pyridine rings is 1. The predicted molar refractivity (Wildman–Crippen MR) is 142 cm³/mol. The van der Waals surface area contributed by atoms with E-state index in [4.69, 9.17) is 11.6 Å². The lowest BCUT2D eigenvalue weighted by molar-refractivity contribution is -0.137. The first-order valence-corrected chi connectivity index (χ1v) is 12.6. The van der Waals surface area contributed by atoms with E-state index in [2.05, 4.69) is 10.6 Å². The summed E-state index contributed by atoms with van der Waals surface area (Å²) in [4.78, 5) is 38.4. The van der Waals surface area contributed by atoms with Gasteiger partial charge in [0.25, 0.3) is 17.4 Å². The first kappa shape index (κ1) is 28.0. The van der Waals surface area contributed by atoms with Crippen molar-refractivity contribution in [2.24, 2.45) is 0 Å². The number of nitrogens with one attached hydrogen (secondary N) is 2. The molecule has 1 atom stereocenters. The largest absolute Gasteiger partial charge is 0.416 e. The Morgan fingerprint density at radius 3 is 2.44 bits per heavy atom. The molecule has 0 radical (unpaired) electrons. The zero-order valence-corrected chi connectivity index (χ0v) is 21.8. The van der Waals surface area contributed by atoms with Gasteiger partial charge in [0.2, 0.25) is 0 Å². The standard InChI is InChI=1S/C29H19ClF5N3O3/c1-2-38-13-14(3-6-24(38)39)15-9-21-25(26(37-28(21)41)20-12-18(31)4-5-22(20)30)23(10-15)36-27(40)16-7-17(29(33,34)35)11-19(32)8-16/h3-13,26H,2H2,1H3,(H,36,40)(H,37,41). The summed E-state index contributed by atoms with van der Waals surface area (Å²) in [6, 6.07) is 9.72. The Morgan fingerprint density at radius 1 is 0.976 bits per heavy atom. The summed E-state index contributed by atoms with van der Waals surface area (Å²) in [7, 11) is 0. The summed E-state index contributed by atoms with van der Waals surface area (Å²) in [5.74, 6) is -3.59. The number of rotatable bonds is 5. The number of aryl methyl sites for hydroxylation is 1. The molecular weight excluding hydrogens is 569 g/mol. The molecule has 2 heterocycles. The lowest BCUT2D eigenvalue weighted by atomic mass is 9.93. The summed E-state index contributed by atoms with van der Waals surface area (Å²) in [5.41, 5.74) is -0.949. The van der Waals surface area contributed by atoms with Gasteiger partial charge in [0.05, 0.1) is 11.6 Å². The van der Waals surface area contributed by atoms with Crippen molar-refractivity contribution < 1.29 is 31.5 Å². The SMILES string of the molecule is CCn1cc(-c2cc(NC(=O)c3cc(F)cc(C(F)(F)F)c3)c3c(c2)C(=O)NC3c2cc(F)ccc2Cl)ccc1=O. The molecule has 41 heavy (non-hydrogen) atoms. The third-order valence-corrected chi connectivity index (χ3v) is 6.99. The zero-order valence-electron chi connectivity index (χ0n) is 21.1. The number of fused-ring (bicyclic) bond motifs is 1. The van der Waals surface area contributed by atoms with Crippen LogP contribution in [0.5, 0.6) is 0 Å². The third-order valence-electron chi connectivity index (χ3n) is 6.65. The molecule has 0 saturated carbocycles. The Labute approximate surface area is 234 Å². The van der Waals surface area contributed by atoms with Gasteiger partial charge in [0.15, 0.2) is 0 Å². The molecule has 0 spiro atoms. The number of benzene rings is 3. The van der Waals surface area contributed by atoms with Crippen LogP contribution in [-0.2, 0) is 12.7 Å². The average molecular weight is 588 g/mol. The highest BCUT2D eigenvalue weighted by molar-refractivity contribution is 6.31. The van der Waals surface area contributed by atoms with E-state index in [0.29, 0.717) is 29.8 Å². The molecule has 1 unspecified atom stereocenters. The molecule has 6 nitrogen and oxygen atoms in total. The van der Waals surface area contributed by atoms with Crippen LogP contribution in [0.4, 0.5) is 27.6 Å². The van der Waals surface area contributed by atoms with E-state index in [1.54, 1.807) is 13.1 Å². The quantitative estimate of drug-likeness (QED) is 0.259. The summed E-state index contributed by atoms with van der Waals surface area (Å²) >= 11 is 6.31. The van der Waals surface area contributed by atoms with E-state index in [0.717, 1.165) is 12.1 Å². The summed E-state index contributed by atoms with van der Waals surface area (Å²) < 4.78 is 69.5. The van der Waals surface area contributed by atoms with Gasteiger partial charge in [-0.05, 0) is 72.6 Å².